The maximum absolute atomic E-state index is 11.5. The molecule has 4 heteroatoms. The summed E-state index contributed by atoms with van der Waals surface area (Å²) >= 11 is 1.65. The van der Waals surface area contributed by atoms with E-state index >= 15 is 0 Å². The van der Waals surface area contributed by atoms with Crippen LogP contribution in [0.3, 0.4) is 0 Å². The van der Waals surface area contributed by atoms with Crippen molar-refractivity contribution in [3.05, 3.63) is 29.8 Å². The smallest absolute Gasteiger partial charge is 0.146 e. The minimum absolute atomic E-state index is 0.00111. The van der Waals surface area contributed by atoms with Crippen molar-refractivity contribution in [2.45, 2.75) is 12.5 Å². The van der Waals surface area contributed by atoms with Crippen molar-refractivity contribution < 1.29 is 14.6 Å². The van der Waals surface area contributed by atoms with E-state index in [1.54, 1.807) is 18.9 Å². The van der Waals surface area contributed by atoms with Gasteiger partial charge in [-0.25, -0.2) is 0 Å². The number of ether oxygens (including phenoxy) is 1. The largest absolute Gasteiger partial charge is 0.497 e. The molecule has 1 aliphatic rings. The van der Waals surface area contributed by atoms with Crippen LogP contribution < -0.4 is 4.74 Å². The van der Waals surface area contributed by atoms with Gasteiger partial charge in [-0.3, -0.25) is 4.79 Å². The second-order valence-corrected chi connectivity index (χ2v) is 5.24. The first-order chi connectivity index (χ1) is 8.20. The second kappa shape index (κ2) is 5.56. The Morgan fingerprint density at radius 1 is 1.59 bits per heavy atom. The number of rotatable bonds is 4. The Balaban J connectivity index is 2.03. The number of hydrogen-bond acceptors (Lipinski definition) is 4. The van der Waals surface area contributed by atoms with Gasteiger partial charge in [-0.1, -0.05) is 12.1 Å². The van der Waals surface area contributed by atoms with E-state index in [0.717, 1.165) is 17.1 Å². The number of carbonyl (C=O) groups is 1. The summed E-state index contributed by atoms with van der Waals surface area (Å²) in [5.74, 6) is 2.42. The molecule has 1 aliphatic heterocycles. The van der Waals surface area contributed by atoms with Crippen LogP contribution in [0.1, 0.15) is 18.1 Å². The van der Waals surface area contributed by atoms with E-state index < -0.39 is 6.10 Å². The maximum Gasteiger partial charge on any atom is 0.146 e. The monoisotopic (exact) mass is 252 g/mol. The normalized spacial score (nSPS) is 21.5. The zero-order chi connectivity index (χ0) is 12.3. The van der Waals surface area contributed by atoms with Crippen LogP contribution in [-0.4, -0.2) is 29.5 Å². The van der Waals surface area contributed by atoms with Gasteiger partial charge in [0.25, 0.3) is 0 Å². The third-order valence-electron chi connectivity index (χ3n) is 3.01. The van der Waals surface area contributed by atoms with Crippen molar-refractivity contribution in [3.63, 3.8) is 0 Å². The van der Waals surface area contributed by atoms with Crippen molar-refractivity contribution in [1.82, 2.24) is 0 Å². The van der Waals surface area contributed by atoms with E-state index in [9.17, 15) is 9.90 Å². The topological polar surface area (TPSA) is 46.5 Å². The Labute approximate surface area is 105 Å². The number of carbonyl (C=O) groups excluding carboxylic acids is 1. The number of thioether (sulfide) groups is 1. The molecule has 2 rings (SSSR count). The van der Waals surface area contributed by atoms with Gasteiger partial charge in [-0.2, -0.15) is 11.8 Å². The third kappa shape index (κ3) is 3.01. The van der Waals surface area contributed by atoms with Gasteiger partial charge in [-0.05, 0) is 24.1 Å². The summed E-state index contributed by atoms with van der Waals surface area (Å²) in [6.45, 7) is 0. The van der Waals surface area contributed by atoms with E-state index in [0.29, 0.717) is 12.2 Å². The molecule has 0 spiro atoms. The molecule has 0 radical (unpaired) electrons. The summed E-state index contributed by atoms with van der Waals surface area (Å²) in [6.07, 6.45) is -0.0725. The van der Waals surface area contributed by atoms with Gasteiger partial charge in [-0.15, -0.1) is 0 Å². The number of benzene rings is 1. The second-order valence-electron chi connectivity index (χ2n) is 4.21. The van der Waals surface area contributed by atoms with Gasteiger partial charge < -0.3 is 9.84 Å². The standard InChI is InChI=1S/C13H16O3S/c1-16-11-4-2-3-9(5-11)12(14)6-10-7-17-8-13(10)15/h2-5,10,12,14H,6-8H2,1H3. The van der Waals surface area contributed by atoms with Gasteiger partial charge in [0.15, 0.2) is 0 Å². The Kier molecular flexibility index (Phi) is 4.07. The predicted molar refractivity (Wildman–Crippen MR) is 68.4 cm³/mol. The number of aliphatic hydroxyl groups is 1. The van der Waals surface area contributed by atoms with Crippen molar-refractivity contribution >= 4 is 17.5 Å². The highest BCUT2D eigenvalue weighted by Gasteiger charge is 2.27. The van der Waals surface area contributed by atoms with Crippen LogP contribution in [0, 0.1) is 5.92 Å². The zero-order valence-electron chi connectivity index (χ0n) is 9.76. The molecule has 92 valence electrons. The average Bonchev–Trinajstić information content (AvgIpc) is 2.75. The number of hydrogen-bond donors (Lipinski definition) is 1. The Hall–Kier alpha value is -1.00. The maximum atomic E-state index is 11.5. The lowest BCUT2D eigenvalue weighted by molar-refractivity contribution is -0.120. The molecule has 1 aromatic carbocycles. The van der Waals surface area contributed by atoms with Crippen molar-refractivity contribution in [1.29, 1.82) is 0 Å². The summed E-state index contributed by atoms with van der Waals surface area (Å²) < 4.78 is 5.11. The van der Waals surface area contributed by atoms with Crippen LogP contribution in [0.15, 0.2) is 24.3 Å². The molecule has 0 saturated carbocycles. The average molecular weight is 252 g/mol. The van der Waals surface area contributed by atoms with Crippen LogP contribution in [-0.2, 0) is 4.79 Å². The lowest BCUT2D eigenvalue weighted by Gasteiger charge is -2.15. The highest BCUT2D eigenvalue weighted by atomic mass is 32.2. The fourth-order valence-electron chi connectivity index (χ4n) is 1.97. The number of ketones is 1. The SMILES string of the molecule is COc1cccc(C(O)CC2CSCC2=O)c1. The van der Waals surface area contributed by atoms with Gasteiger partial charge in [0.05, 0.1) is 19.0 Å². The minimum atomic E-state index is -0.585. The van der Waals surface area contributed by atoms with Crippen LogP contribution in [0.2, 0.25) is 0 Å². The summed E-state index contributed by atoms with van der Waals surface area (Å²) in [4.78, 5) is 11.5. The number of Topliss-reactive ketones (excluding diaryl/α,β-unsaturated/α-hetero) is 1. The first-order valence-corrected chi connectivity index (χ1v) is 6.78. The highest BCUT2D eigenvalue weighted by molar-refractivity contribution is 8.00. The molecular formula is C13H16O3S. The van der Waals surface area contributed by atoms with E-state index in [1.807, 2.05) is 24.3 Å². The summed E-state index contributed by atoms with van der Waals surface area (Å²) in [5, 5.41) is 10.1. The van der Waals surface area contributed by atoms with E-state index in [1.165, 1.54) is 0 Å². The van der Waals surface area contributed by atoms with Crippen molar-refractivity contribution in [3.8, 4) is 5.75 Å². The minimum Gasteiger partial charge on any atom is -0.497 e. The molecule has 1 aromatic rings. The zero-order valence-corrected chi connectivity index (χ0v) is 10.6. The summed E-state index contributed by atoms with van der Waals surface area (Å²) in [5.41, 5.74) is 0.814. The van der Waals surface area contributed by atoms with Crippen molar-refractivity contribution in [2.75, 3.05) is 18.6 Å². The van der Waals surface area contributed by atoms with Crippen LogP contribution in [0.25, 0.3) is 0 Å². The molecule has 0 aliphatic carbocycles. The predicted octanol–water partition coefficient (Wildman–Crippen LogP) is 2.05. The van der Waals surface area contributed by atoms with Gasteiger partial charge in [0.1, 0.15) is 11.5 Å². The Morgan fingerprint density at radius 3 is 3.06 bits per heavy atom. The highest BCUT2D eigenvalue weighted by Crippen LogP contribution is 2.30. The van der Waals surface area contributed by atoms with E-state index in [4.69, 9.17) is 4.74 Å². The quantitative estimate of drug-likeness (QED) is 0.891. The molecule has 1 N–H and O–H groups in total. The van der Waals surface area contributed by atoms with E-state index in [2.05, 4.69) is 0 Å². The Bertz CT molecular complexity index is 405. The third-order valence-corrected chi connectivity index (χ3v) is 4.13. The van der Waals surface area contributed by atoms with E-state index in [-0.39, 0.29) is 11.7 Å². The van der Waals surface area contributed by atoms with Crippen LogP contribution in [0.4, 0.5) is 0 Å². The molecule has 2 unspecified atom stereocenters. The molecule has 17 heavy (non-hydrogen) atoms. The molecule has 0 aromatic heterocycles. The summed E-state index contributed by atoms with van der Waals surface area (Å²) in [7, 11) is 1.60. The van der Waals surface area contributed by atoms with Crippen LogP contribution >= 0.6 is 11.8 Å². The van der Waals surface area contributed by atoms with Crippen LogP contribution in [0.5, 0.6) is 5.75 Å². The first-order valence-electron chi connectivity index (χ1n) is 5.63. The fraction of sp³-hybridized carbons (Fsp3) is 0.462. The molecule has 0 bridgehead atoms. The molecule has 1 fully saturated rings. The lowest BCUT2D eigenvalue weighted by atomic mass is 9.95. The van der Waals surface area contributed by atoms with Gasteiger partial charge in [0.2, 0.25) is 0 Å². The van der Waals surface area contributed by atoms with Gasteiger partial charge >= 0.3 is 0 Å². The molecule has 0 amide bonds. The Morgan fingerprint density at radius 2 is 2.41 bits per heavy atom. The van der Waals surface area contributed by atoms with Crippen molar-refractivity contribution in [2.24, 2.45) is 5.92 Å². The number of aliphatic hydroxyl groups excluding tert-OH is 1. The summed E-state index contributed by atoms with van der Waals surface area (Å²) in [6, 6.07) is 7.37. The first kappa shape index (κ1) is 12.5. The molecular weight excluding hydrogens is 236 g/mol. The molecule has 1 saturated heterocycles. The lowest BCUT2D eigenvalue weighted by Crippen LogP contribution is -2.15. The van der Waals surface area contributed by atoms with Gasteiger partial charge in [0, 0.05) is 11.7 Å². The molecule has 3 nitrogen and oxygen atoms in total. The fourth-order valence-corrected chi connectivity index (χ4v) is 3.13. The molecule has 1 heterocycles. The molecule has 2 atom stereocenters. The number of methoxy groups -OCH3 is 1.